The quantitative estimate of drug-likeness (QED) is 0.839. The highest BCUT2D eigenvalue weighted by Crippen LogP contribution is 2.36. The molecule has 0 heterocycles. The van der Waals surface area contributed by atoms with Gasteiger partial charge in [-0.2, -0.15) is 11.8 Å². The summed E-state index contributed by atoms with van der Waals surface area (Å²) in [4.78, 5) is 0. The number of benzene rings is 1. The summed E-state index contributed by atoms with van der Waals surface area (Å²) in [6, 6.07) is 8.87. The lowest BCUT2D eigenvalue weighted by molar-refractivity contribution is 0.414. The van der Waals surface area contributed by atoms with Gasteiger partial charge in [-0.3, -0.25) is 0 Å². The first-order valence-electron chi connectivity index (χ1n) is 7.71. The van der Waals surface area contributed by atoms with Gasteiger partial charge in [-0.25, -0.2) is 0 Å². The molecule has 2 rings (SSSR count). The zero-order valence-electron chi connectivity index (χ0n) is 12.9. The van der Waals surface area contributed by atoms with Crippen molar-refractivity contribution >= 4 is 11.8 Å². The highest BCUT2D eigenvalue weighted by atomic mass is 32.2. The molecule has 1 aromatic carbocycles. The number of nitrogens with one attached hydrogen (secondary N) is 1. The Kier molecular flexibility index (Phi) is 6.24. The second kappa shape index (κ2) is 7.94. The van der Waals surface area contributed by atoms with Crippen molar-refractivity contribution in [2.45, 2.75) is 55.6 Å². The van der Waals surface area contributed by atoms with Crippen molar-refractivity contribution in [1.82, 2.24) is 5.32 Å². The minimum atomic E-state index is 0.410. The van der Waals surface area contributed by atoms with E-state index in [1.54, 1.807) is 7.11 Å². The normalized spacial score (nSPS) is 19.6. The molecule has 1 aliphatic rings. The van der Waals surface area contributed by atoms with E-state index in [0.29, 0.717) is 11.3 Å². The van der Waals surface area contributed by atoms with Crippen LogP contribution in [0.25, 0.3) is 0 Å². The first kappa shape index (κ1) is 15.7. The van der Waals surface area contributed by atoms with Crippen LogP contribution in [0.15, 0.2) is 24.3 Å². The maximum atomic E-state index is 5.24. The molecule has 0 aliphatic heterocycles. The molecule has 1 N–H and O–H groups in total. The molecule has 2 unspecified atom stereocenters. The fourth-order valence-corrected chi connectivity index (χ4v) is 4.73. The maximum Gasteiger partial charge on any atom is 0.118 e. The van der Waals surface area contributed by atoms with E-state index in [1.165, 1.54) is 37.7 Å². The van der Waals surface area contributed by atoms with Crippen molar-refractivity contribution in [1.29, 1.82) is 0 Å². The summed E-state index contributed by atoms with van der Waals surface area (Å²) < 4.78 is 5.24. The number of hydrogen-bond acceptors (Lipinski definition) is 3. The molecule has 2 atom stereocenters. The molecule has 112 valence electrons. The molecular weight excluding hydrogens is 266 g/mol. The second-order valence-corrected chi connectivity index (χ2v) is 7.32. The summed E-state index contributed by atoms with van der Waals surface area (Å²) in [5.41, 5.74) is 1.35. The molecule has 0 saturated heterocycles. The fourth-order valence-electron chi connectivity index (χ4n) is 3.07. The van der Waals surface area contributed by atoms with Crippen LogP contribution in [0.2, 0.25) is 0 Å². The van der Waals surface area contributed by atoms with Crippen molar-refractivity contribution in [3.8, 4) is 5.75 Å². The maximum absolute atomic E-state index is 5.24. The number of methoxy groups -OCH3 is 1. The van der Waals surface area contributed by atoms with Crippen LogP contribution in [-0.2, 0) is 0 Å². The lowest BCUT2D eigenvalue weighted by atomic mass is 10.0. The zero-order chi connectivity index (χ0) is 14.4. The fraction of sp³-hybridized carbons (Fsp3) is 0.647. The smallest absolute Gasteiger partial charge is 0.118 e. The molecule has 1 aliphatic carbocycles. The predicted octanol–water partition coefficient (Wildman–Crippen LogP) is 4.41. The third-order valence-corrected chi connectivity index (χ3v) is 5.77. The third-order valence-electron chi connectivity index (χ3n) is 4.21. The number of hydrogen-bond donors (Lipinski definition) is 1. The average molecular weight is 293 g/mol. The van der Waals surface area contributed by atoms with E-state index in [1.807, 2.05) is 0 Å². The van der Waals surface area contributed by atoms with E-state index < -0.39 is 0 Å². The molecule has 0 bridgehead atoms. The molecule has 0 spiro atoms. The Morgan fingerprint density at radius 3 is 2.35 bits per heavy atom. The Morgan fingerprint density at radius 2 is 1.80 bits per heavy atom. The van der Waals surface area contributed by atoms with Crippen LogP contribution in [0.4, 0.5) is 0 Å². The van der Waals surface area contributed by atoms with Crippen molar-refractivity contribution in [3.05, 3.63) is 29.8 Å². The van der Waals surface area contributed by atoms with E-state index in [0.717, 1.165) is 11.0 Å². The van der Waals surface area contributed by atoms with Gasteiger partial charge in [0.15, 0.2) is 0 Å². The van der Waals surface area contributed by atoms with Gasteiger partial charge in [0.1, 0.15) is 5.75 Å². The summed E-state index contributed by atoms with van der Waals surface area (Å²) >= 11 is 2.16. The minimum Gasteiger partial charge on any atom is -0.497 e. The lowest BCUT2D eigenvalue weighted by Crippen LogP contribution is -2.27. The highest BCUT2D eigenvalue weighted by molar-refractivity contribution is 8.00. The average Bonchev–Trinajstić information content (AvgIpc) is 2.49. The van der Waals surface area contributed by atoms with Crippen molar-refractivity contribution in [2.75, 3.05) is 14.2 Å². The van der Waals surface area contributed by atoms with E-state index in [2.05, 4.69) is 55.3 Å². The second-order valence-electron chi connectivity index (χ2n) is 5.64. The van der Waals surface area contributed by atoms with Crippen molar-refractivity contribution in [3.63, 3.8) is 0 Å². The zero-order valence-corrected chi connectivity index (χ0v) is 13.7. The van der Waals surface area contributed by atoms with E-state index >= 15 is 0 Å². The van der Waals surface area contributed by atoms with Gasteiger partial charge in [0.05, 0.1) is 7.11 Å². The van der Waals surface area contributed by atoms with Crippen molar-refractivity contribution < 1.29 is 4.74 Å². The number of ether oxygens (including phenoxy) is 1. The van der Waals surface area contributed by atoms with Crippen LogP contribution in [0.5, 0.6) is 5.75 Å². The Morgan fingerprint density at radius 1 is 1.15 bits per heavy atom. The summed E-state index contributed by atoms with van der Waals surface area (Å²) in [5, 5.41) is 4.93. The van der Waals surface area contributed by atoms with Gasteiger partial charge in [-0.15, -0.1) is 0 Å². The van der Waals surface area contributed by atoms with Gasteiger partial charge in [0.2, 0.25) is 0 Å². The summed E-state index contributed by atoms with van der Waals surface area (Å²) in [6.45, 7) is 2.35. The SMILES string of the molecule is CNC(c1ccc(OC)cc1)C(C)SC1CCCCC1. The largest absolute Gasteiger partial charge is 0.497 e. The number of rotatable bonds is 6. The first-order chi connectivity index (χ1) is 9.74. The molecule has 0 amide bonds. The van der Waals surface area contributed by atoms with Gasteiger partial charge in [-0.05, 0) is 37.6 Å². The topological polar surface area (TPSA) is 21.3 Å². The molecule has 1 fully saturated rings. The van der Waals surface area contributed by atoms with E-state index in [4.69, 9.17) is 4.74 Å². The van der Waals surface area contributed by atoms with Crippen LogP contribution >= 0.6 is 11.8 Å². The predicted molar refractivity (Wildman–Crippen MR) is 88.7 cm³/mol. The van der Waals surface area contributed by atoms with Gasteiger partial charge >= 0.3 is 0 Å². The molecule has 1 saturated carbocycles. The van der Waals surface area contributed by atoms with Gasteiger partial charge in [-0.1, -0.05) is 38.3 Å². The Labute approximate surface area is 127 Å². The molecule has 3 heteroatoms. The summed E-state index contributed by atoms with van der Waals surface area (Å²) in [6.07, 6.45) is 7.05. The lowest BCUT2D eigenvalue weighted by Gasteiger charge is -2.29. The minimum absolute atomic E-state index is 0.410. The number of thioether (sulfide) groups is 1. The highest BCUT2D eigenvalue weighted by Gasteiger charge is 2.23. The standard InChI is InChI=1S/C17H27NOS/c1-13(20-16-7-5-4-6-8-16)17(18-2)14-9-11-15(19-3)12-10-14/h9-13,16-18H,4-8H2,1-3H3. The molecular formula is C17H27NOS. The Balaban J connectivity index is 1.98. The monoisotopic (exact) mass is 293 g/mol. The van der Waals surface area contributed by atoms with Crippen LogP contribution in [0.1, 0.15) is 50.6 Å². The van der Waals surface area contributed by atoms with Gasteiger partial charge in [0.25, 0.3) is 0 Å². The molecule has 20 heavy (non-hydrogen) atoms. The molecule has 1 aromatic rings. The molecule has 0 aromatic heterocycles. The summed E-state index contributed by atoms with van der Waals surface area (Å²) in [5.74, 6) is 0.927. The molecule has 2 nitrogen and oxygen atoms in total. The first-order valence-corrected chi connectivity index (χ1v) is 8.65. The van der Waals surface area contributed by atoms with Gasteiger partial charge in [0, 0.05) is 16.5 Å². The van der Waals surface area contributed by atoms with Crippen LogP contribution in [0, 0.1) is 0 Å². The summed E-state index contributed by atoms with van der Waals surface area (Å²) in [7, 11) is 3.78. The van der Waals surface area contributed by atoms with Crippen LogP contribution in [-0.4, -0.2) is 24.7 Å². The van der Waals surface area contributed by atoms with Crippen molar-refractivity contribution in [2.24, 2.45) is 0 Å². The van der Waals surface area contributed by atoms with Crippen LogP contribution < -0.4 is 10.1 Å². The Hall–Kier alpha value is -0.670. The van der Waals surface area contributed by atoms with E-state index in [-0.39, 0.29) is 0 Å². The Bertz CT molecular complexity index is 386. The van der Waals surface area contributed by atoms with E-state index in [9.17, 15) is 0 Å². The molecule has 0 radical (unpaired) electrons. The third kappa shape index (κ3) is 4.16. The van der Waals surface area contributed by atoms with Crippen LogP contribution in [0.3, 0.4) is 0 Å². The van der Waals surface area contributed by atoms with Gasteiger partial charge < -0.3 is 10.1 Å².